The maximum atomic E-state index is 11.9. The maximum absolute atomic E-state index is 11.9. The Morgan fingerprint density at radius 2 is 1.90 bits per heavy atom. The zero-order valence-corrected chi connectivity index (χ0v) is 6.27. The molecule has 1 unspecified atom stereocenters. The molecular formula is C6H14F2N2. The molecule has 3 N–H and O–H groups in total. The van der Waals surface area contributed by atoms with Crippen molar-refractivity contribution in [2.45, 2.75) is 32.7 Å². The van der Waals surface area contributed by atoms with Crippen LogP contribution in [0, 0.1) is 5.92 Å². The summed E-state index contributed by atoms with van der Waals surface area (Å²) in [7, 11) is 0. The standard InChI is InChI=1S/C6H14F2N2/c1-4(2)3-5(10-9)6(7)8/h4-6,10H,3,9H2,1-2H3. The van der Waals surface area contributed by atoms with Gasteiger partial charge in [-0.05, 0) is 12.3 Å². The van der Waals surface area contributed by atoms with Gasteiger partial charge in [0.05, 0.1) is 6.04 Å². The lowest BCUT2D eigenvalue weighted by atomic mass is 10.1. The van der Waals surface area contributed by atoms with Crippen molar-refractivity contribution in [2.75, 3.05) is 0 Å². The van der Waals surface area contributed by atoms with Crippen LogP contribution in [0.4, 0.5) is 8.78 Å². The molecule has 2 nitrogen and oxygen atoms in total. The summed E-state index contributed by atoms with van der Waals surface area (Å²) in [5, 5.41) is 0. The molecule has 0 aliphatic heterocycles. The van der Waals surface area contributed by atoms with Gasteiger partial charge in [0, 0.05) is 0 Å². The number of hydrogen-bond donors (Lipinski definition) is 2. The third kappa shape index (κ3) is 3.74. The van der Waals surface area contributed by atoms with E-state index in [0.29, 0.717) is 6.42 Å². The monoisotopic (exact) mass is 152 g/mol. The van der Waals surface area contributed by atoms with Crippen LogP contribution < -0.4 is 11.3 Å². The summed E-state index contributed by atoms with van der Waals surface area (Å²) < 4.78 is 23.8. The second-order valence-electron chi connectivity index (χ2n) is 2.74. The van der Waals surface area contributed by atoms with Crippen molar-refractivity contribution in [3.63, 3.8) is 0 Å². The minimum Gasteiger partial charge on any atom is -0.271 e. The van der Waals surface area contributed by atoms with Gasteiger partial charge in [0.1, 0.15) is 0 Å². The number of halogens is 2. The number of hydrogen-bond acceptors (Lipinski definition) is 2. The van der Waals surface area contributed by atoms with E-state index in [-0.39, 0.29) is 5.92 Å². The van der Waals surface area contributed by atoms with Crippen LogP contribution in [0.1, 0.15) is 20.3 Å². The third-order valence-corrected chi connectivity index (χ3v) is 1.24. The maximum Gasteiger partial charge on any atom is 0.255 e. The average Bonchev–Trinajstić information content (AvgIpc) is 1.81. The van der Waals surface area contributed by atoms with E-state index >= 15 is 0 Å². The molecule has 4 heteroatoms. The second kappa shape index (κ2) is 4.57. The largest absolute Gasteiger partial charge is 0.271 e. The predicted molar refractivity (Wildman–Crippen MR) is 36.6 cm³/mol. The molecule has 0 saturated heterocycles. The summed E-state index contributed by atoms with van der Waals surface area (Å²) in [4.78, 5) is 0. The Morgan fingerprint density at radius 3 is 2.00 bits per heavy atom. The van der Waals surface area contributed by atoms with Crippen LogP contribution in [-0.4, -0.2) is 12.5 Å². The van der Waals surface area contributed by atoms with E-state index in [2.05, 4.69) is 5.43 Å². The van der Waals surface area contributed by atoms with Gasteiger partial charge < -0.3 is 0 Å². The van der Waals surface area contributed by atoms with Crippen molar-refractivity contribution in [2.24, 2.45) is 11.8 Å². The molecule has 1 atom stereocenters. The van der Waals surface area contributed by atoms with Crippen LogP contribution in [0.15, 0.2) is 0 Å². The quantitative estimate of drug-likeness (QED) is 0.468. The van der Waals surface area contributed by atoms with Crippen molar-refractivity contribution >= 4 is 0 Å². The van der Waals surface area contributed by atoms with Crippen molar-refractivity contribution in [3.05, 3.63) is 0 Å². The van der Waals surface area contributed by atoms with E-state index in [1.54, 1.807) is 0 Å². The SMILES string of the molecule is CC(C)CC(NN)C(F)F. The van der Waals surface area contributed by atoms with Gasteiger partial charge in [0.15, 0.2) is 0 Å². The van der Waals surface area contributed by atoms with E-state index in [4.69, 9.17) is 5.84 Å². The van der Waals surface area contributed by atoms with Gasteiger partial charge in [-0.1, -0.05) is 13.8 Å². The van der Waals surface area contributed by atoms with E-state index in [9.17, 15) is 8.78 Å². The molecule has 0 rings (SSSR count). The number of nitrogens with one attached hydrogen (secondary N) is 1. The highest BCUT2D eigenvalue weighted by Crippen LogP contribution is 2.10. The summed E-state index contributed by atoms with van der Waals surface area (Å²) in [6.07, 6.45) is -1.96. The molecule has 0 amide bonds. The van der Waals surface area contributed by atoms with Gasteiger partial charge in [-0.15, -0.1) is 0 Å². The molecule has 0 aromatic rings. The van der Waals surface area contributed by atoms with Crippen LogP contribution in [0.3, 0.4) is 0 Å². The van der Waals surface area contributed by atoms with Crippen molar-refractivity contribution in [1.29, 1.82) is 0 Å². The molecule has 0 aliphatic rings. The molecule has 62 valence electrons. The van der Waals surface area contributed by atoms with Crippen molar-refractivity contribution in [1.82, 2.24) is 5.43 Å². The fraction of sp³-hybridized carbons (Fsp3) is 1.00. The Kier molecular flexibility index (Phi) is 4.47. The van der Waals surface area contributed by atoms with E-state index < -0.39 is 12.5 Å². The summed E-state index contributed by atoms with van der Waals surface area (Å²) in [5.41, 5.74) is 2.08. The van der Waals surface area contributed by atoms with E-state index in [1.807, 2.05) is 13.8 Å². The number of hydrazine groups is 1. The minimum atomic E-state index is -2.37. The molecule has 0 saturated carbocycles. The molecule has 0 aromatic heterocycles. The highest BCUT2D eigenvalue weighted by molar-refractivity contribution is 4.67. The first-order chi connectivity index (χ1) is 4.57. The Bertz CT molecular complexity index is 85.8. The first-order valence-electron chi connectivity index (χ1n) is 3.32. The molecule has 0 bridgehead atoms. The Balaban J connectivity index is 3.60. The highest BCUT2D eigenvalue weighted by atomic mass is 19.3. The Labute approximate surface area is 59.8 Å². The van der Waals surface area contributed by atoms with Gasteiger partial charge in [0.2, 0.25) is 0 Å². The van der Waals surface area contributed by atoms with E-state index in [0.717, 1.165) is 0 Å². The zero-order valence-electron chi connectivity index (χ0n) is 6.27. The normalized spacial score (nSPS) is 14.7. The molecule has 10 heavy (non-hydrogen) atoms. The van der Waals surface area contributed by atoms with Crippen molar-refractivity contribution in [3.8, 4) is 0 Å². The first kappa shape index (κ1) is 9.78. The smallest absolute Gasteiger partial charge is 0.255 e. The van der Waals surface area contributed by atoms with Crippen LogP contribution in [-0.2, 0) is 0 Å². The van der Waals surface area contributed by atoms with Crippen LogP contribution in [0.25, 0.3) is 0 Å². The van der Waals surface area contributed by atoms with Gasteiger partial charge in [-0.2, -0.15) is 0 Å². The highest BCUT2D eigenvalue weighted by Gasteiger charge is 2.18. The number of nitrogens with two attached hydrogens (primary N) is 1. The predicted octanol–water partition coefficient (Wildman–Crippen LogP) is 1.13. The fourth-order valence-corrected chi connectivity index (χ4v) is 0.752. The summed E-state index contributed by atoms with van der Waals surface area (Å²) in [6.45, 7) is 3.76. The minimum absolute atomic E-state index is 0.245. The zero-order chi connectivity index (χ0) is 8.15. The van der Waals surface area contributed by atoms with Gasteiger partial charge in [-0.3, -0.25) is 11.3 Å². The van der Waals surface area contributed by atoms with Crippen LogP contribution in [0.2, 0.25) is 0 Å². The Morgan fingerprint density at radius 1 is 1.40 bits per heavy atom. The average molecular weight is 152 g/mol. The fourth-order valence-electron chi connectivity index (χ4n) is 0.752. The summed E-state index contributed by atoms with van der Waals surface area (Å²) in [6, 6.07) is -0.861. The third-order valence-electron chi connectivity index (χ3n) is 1.24. The van der Waals surface area contributed by atoms with Gasteiger partial charge >= 0.3 is 0 Å². The molecule has 0 fully saturated rings. The van der Waals surface area contributed by atoms with Gasteiger partial charge in [0.25, 0.3) is 6.43 Å². The molecule has 0 aromatic carbocycles. The molecular weight excluding hydrogens is 138 g/mol. The van der Waals surface area contributed by atoms with Crippen LogP contribution in [0.5, 0.6) is 0 Å². The topological polar surface area (TPSA) is 38.0 Å². The molecule has 0 heterocycles. The van der Waals surface area contributed by atoms with Gasteiger partial charge in [-0.25, -0.2) is 8.78 Å². The lowest BCUT2D eigenvalue weighted by Crippen LogP contribution is -2.41. The molecule has 0 radical (unpaired) electrons. The number of rotatable bonds is 4. The van der Waals surface area contributed by atoms with Crippen LogP contribution >= 0.6 is 0 Å². The van der Waals surface area contributed by atoms with E-state index in [1.165, 1.54) is 0 Å². The van der Waals surface area contributed by atoms with Crippen molar-refractivity contribution < 1.29 is 8.78 Å². The second-order valence-corrected chi connectivity index (χ2v) is 2.74. The lowest BCUT2D eigenvalue weighted by molar-refractivity contribution is 0.0881. The molecule has 0 aliphatic carbocycles. The first-order valence-corrected chi connectivity index (χ1v) is 3.32. The molecule has 0 spiro atoms. The number of alkyl halides is 2. The summed E-state index contributed by atoms with van der Waals surface area (Å²) >= 11 is 0. The lowest BCUT2D eigenvalue weighted by Gasteiger charge is -2.16. The summed E-state index contributed by atoms with van der Waals surface area (Å²) in [5.74, 6) is 5.14. The Hall–Kier alpha value is -0.220.